The Morgan fingerprint density at radius 1 is 0.921 bits per heavy atom. The van der Waals surface area contributed by atoms with Crippen molar-refractivity contribution in [2.75, 3.05) is 44.7 Å². The van der Waals surface area contributed by atoms with Crippen molar-refractivity contribution in [3.05, 3.63) is 74.5 Å². The molecule has 0 atom stereocenters. The Kier molecular flexibility index (Phi) is 5.51. The molecule has 1 aromatic heterocycles. The maximum absolute atomic E-state index is 13.8. The predicted octanol–water partition coefficient (Wildman–Crippen LogP) is 4.50. The highest BCUT2D eigenvalue weighted by molar-refractivity contribution is 6.14. The molecule has 0 aliphatic carbocycles. The molecule has 2 fully saturated rings. The van der Waals surface area contributed by atoms with Gasteiger partial charge in [0.2, 0.25) is 0 Å². The van der Waals surface area contributed by atoms with Gasteiger partial charge in [0.1, 0.15) is 0 Å². The summed E-state index contributed by atoms with van der Waals surface area (Å²) in [4.78, 5) is 33.3. The summed E-state index contributed by atoms with van der Waals surface area (Å²) in [7, 11) is 0. The number of aromatic nitrogens is 1. The van der Waals surface area contributed by atoms with Gasteiger partial charge in [-0.05, 0) is 24.6 Å². The quantitative estimate of drug-likeness (QED) is 0.271. The second-order valence-electron chi connectivity index (χ2n) is 10.4. The van der Waals surface area contributed by atoms with Gasteiger partial charge >= 0.3 is 0 Å². The standard InChI is InChI=1S/C30H29N3O5/c1-18-6-7-23-21(16-18)32-27-24(38-23)17-22(25-26(27)29(35)20-5-3-2-4-19(20)28(25)34)31-10-13-33-11-8-30(9-12-33)36-14-15-37-30/h2-7,16-17,31-32H,8-15H2,1H3. The fourth-order valence-electron chi connectivity index (χ4n) is 5.95. The zero-order chi connectivity index (χ0) is 25.9. The Labute approximate surface area is 218 Å². The normalized spacial score (nSPS) is 17.8. The molecule has 8 heteroatoms. The van der Waals surface area contributed by atoms with Gasteiger partial charge in [-0.1, -0.05) is 30.3 Å². The van der Waals surface area contributed by atoms with Crippen LogP contribution in [0.15, 0.2) is 62.5 Å². The van der Waals surface area contributed by atoms with Crippen LogP contribution in [0.1, 0.15) is 18.4 Å². The molecule has 0 bridgehead atoms. The number of anilines is 1. The smallest absolute Gasteiger partial charge is 0.196 e. The predicted molar refractivity (Wildman–Crippen MR) is 149 cm³/mol. The lowest BCUT2D eigenvalue weighted by Gasteiger charge is -2.37. The molecule has 2 N–H and O–H groups in total. The van der Waals surface area contributed by atoms with Crippen molar-refractivity contribution in [3.8, 4) is 0 Å². The van der Waals surface area contributed by atoms with Gasteiger partial charge in [0.15, 0.2) is 27.8 Å². The van der Waals surface area contributed by atoms with Gasteiger partial charge in [-0.3, -0.25) is 9.59 Å². The number of aromatic amines is 1. The summed E-state index contributed by atoms with van der Waals surface area (Å²) >= 11 is 0. The van der Waals surface area contributed by atoms with Crippen LogP contribution in [0.25, 0.3) is 43.7 Å². The van der Waals surface area contributed by atoms with Gasteiger partial charge < -0.3 is 29.1 Å². The molecule has 7 rings (SSSR count). The first-order valence-corrected chi connectivity index (χ1v) is 13.2. The highest BCUT2D eigenvalue weighted by atomic mass is 16.7. The summed E-state index contributed by atoms with van der Waals surface area (Å²) in [5.74, 6) is -0.402. The van der Waals surface area contributed by atoms with E-state index in [0.29, 0.717) is 63.7 Å². The molecule has 0 saturated carbocycles. The van der Waals surface area contributed by atoms with Gasteiger partial charge in [-0.15, -0.1) is 0 Å². The Morgan fingerprint density at radius 3 is 2.37 bits per heavy atom. The summed E-state index contributed by atoms with van der Waals surface area (Å²) in [5, 5.41) is 5.06. The summed E-state index contributed by atoms with van der Waals surface area (Å²) in [6, 6.07) is 14.7. The van der Waals surface area contributed by atoms with E-state index in [9.17, 15) is 9.59 Å². The molecule has 5 aromatic rings. The minimum absolute atomic E-state index is 0.159. The Hall–Kier alpha value is -3.72. The zero-order valence-electron chi connectivity index (χ0n) is 21.3. The summed E-state index contributed by atoms with van der Waals surface area (Å²) < 4.78 is 18.0. The van der Waals surface area contributed by atoms with Gasteiger partial charge in [-0.25, -0.2) is 0 Å². The number of nitrogens with zero attached hydrogens (tertiary/aromatic N) is 1. The highest BCUT2D eigenvalue weighted by Crippen LogP contribution is 2.32. The van der Waals surface area contributed by atoms with Crippen LogP contribution >= 0.6 is 0 Å². The van der Waals surface area contributed by atoms with Crippen molar-refractivity contribution in [2.24, 2.45) is 0 Å². The van der Waals surface area contributed by atoms with Crippen molar-refractivity contribution in [1.82, 2.24) is 9.88 Å². The molecule has 3 heterocycles. The average Bonchev–Trinajstić information content (AvgIpc) is 3.39. The number of fused-ring (bicyclic) bond motifs is 5. The maximum atomic E-state index is 13.8. The molecular weight excluding hydrogens is 482 g/mol. The maximum Gasteiger partial charge on any atom is 0.196 e. The van der Waals surface area contributed by atoms with Gasteiger partial charge in [-0.2, -0.15) is 0 Å². The third-order valence-corrected chi connectivity index (χ3v) is 7.95. The van der Waals surface area contributed by atoms with Crippen LogP contribution in [0.5, 0.6) is 0 Å². The summed E-state index contributed by atoms with van der Waals surface area (Å²) in [6.07, 6.45) is 1.70. The van der Waals surface area contributed by atoms with Crippen LogP contribution in [-0.2, 0) is 9.47 Å². The van der Waals surface area contributed by atoms with E-state index in [1.54, 1.807) is 24.3 Å². The van der Waals surface area contributed by atoms with Crippen LogP contribution in [0.2, 0.25) is 0 Å². The number of benzene rings is 4. The Balaban J connectivity index is 1.31. The number of hydrogen-bond acceptors (Lipinski definition) is 7. The van der Waals surface area contributed by atoms with E-state index in [4.69, 9.17) is 13.9 Å². The number of nitrogens with one attached hydrogen (secondary N) is 2. The summed E-state index contributed by atoms with van der Waals surface area (Å²) in [5.41, 5.74) is 3.86. The number of ether oxygens (including phenoxy) is 2. The molecule has 0 amide bonds. The van der Waals surface area contributed by atoms with Gasteiger partial charge in [0.25, 0.3) is 0 Å². The largest absolute Gasteiger partial charge is 0.453 e. The molecule has 2 saturated heterocycles. The highest BCUT2D eigenvalue weighted by Gasteiger charge is 2.39. The van der Waals surface area contributed by atoms with Crippen LogP contribution in [0.4, 0.5) is 5.69 Å². The second-order valence-corrected chi connectivity index (χ2v) is 10.4. The first kappa shape index (κ1) is 23.4. The molecule has 8 nitrogen and oxygen atoms in total. The van der Waals surface area contributed by atoms with Crippen LogP contribution in [-0.4, -0.2) is 55.1 Å². The third kappa shape index (κ3) is 3.79. The second kappa shape index (κ2) is 8.94. The lowest BCUT2D eigenvalue weighted by atomic mass is 9.99. The fraction of sp³-hybridized carbons (Fsp3) is 0.333. The van der Waals surface area contributed by atoms with Crippen LogP contribution in [0, 0.1) is 6.92 Å². The molecule has 38 heavy (non-hydrogen) atoms. The van der Waals surface area contributed by atoms with Crippen LogP contribution in [0.3, 0.4) is 0 Å². The first-order valence-electron chi connectivity index (χ1n) is 13.2. The molecule has 2 aliphatic heterocycles. The van der Waals surface area contributed by atoms with E-state index in [1.807, 2.05) is 31.2 Å². The van der Waals surface area contributed by atoms with Crippen molar-refractivity contribution in [2.45, 2.75) is 25.6 Å². The van der Waals surface area contributed by atoms with Gasteiger partial charge in [0, 0.05) is 55.9 Å². The van der Waals surface area contributed by atoms with E-state index in [2.05, 4.69) is 15.2 Å². The molecule has 2 aliphatic rings. The van der Waals surface area contributed by atoms with E-state index in [0.717, 1.165) is 43.6 Å². The lowest BCUT2D eigenvalue weighted by Crippen LogP contribution is -2.46. The number of piperidine rings is 1. The zero-order valence-corrected chi connectivity index (χ0v) is 21.3. The minimum Gasteiger partial charge on any atom is -0.453 e. The van der Waals surface area contributed by atoms with Crippen molar-refractivity contribution in [3.63, 3.8) is 0 Å². The molecule has 0 unspecified atom stereocenters. The molecule has 1 spiro atoms. The third-order valence-electron chi connectivity index (χ3n) is 7.95. The summed E-state index contributed by atoms with van der Waals surface area (Å²) in [6.45, 7) is 6.52. The Morgan fingerprint density at radius 2 is 1.63 bits per heavy atom. The minimum atomic E-state index is -0.402. The van der Waals surface area contributed by atoms with Crippen molar-refractivity contribution < 1.29 is 13.9 Å². The van der Waals surface area contributed by atoms with E-state index in [1.165, 1.54) is 0 Å². The lowest BCUT2D eigenvalue weighted by molar-refractivity contribution is -0.184. The molecular formula is C30H29N3O5. The first-order chi connectivity index (χ1) is 18.5. The monoisotopic (exact) mass is 511 g/mol. The van der Waals surface area contributed by atoms with E-state index < -0.39 is 5.79 Å². The molecule has 194 valence electrons. The fourth-order valence-corrected chi connectivity index (χ4v) is 5.95. The average molecular weight is 512 g/mol. The number of hydrogen-bond donors (Lipinski definition) is 2. The Bertz CT molecular complexity index is 1820. The van der Waals surface area contributed by atoms with Crippen molar-refractivity contribution >= 4 is 49.4 Å². The van der Waals surface area contributed by atoms with Gasteiger partial charge in [0.05, 0.1) is 40.7 Å². The van der Waals surface area contributed by atoms with E-state index >= 15 is 0 Å². The molecule has 0 radical (unpaired) electrons. The molecule has 4 aromatic carbocycles. The van der Waals surface area contributed by atoms with E-state index in [-0.39, 0.29) is 10.9 Å². The number of likely N-dealkylation sites (tertiary alicyclic amines) is 1. The number of rotatable bonds is 4. The SMILES string of the molecule is Cc1ccc2oc3cc(NCCN4CCC5(CC4)OCCO5)c4c(=O)c5ccccc5c(=O)c4c3[nH]c2c1. The number of aryl methyl sites for hydroxylation is 1. The number of H-pyrrole nitrogens is 1. The van der Waals surface area contributed by atoms with Crippen molar-refractivity contribution in [1.29, 1.82) is 0 Å². The van der Waals surface area contributed by atoms with Crippen LogP contribution < -0.4 is 16.2 Å². The topological polar surface area (TPSA) is 96.8 Å².